The van der Waals surface area contributed by atoms with Crippen molar-refractivity contribution in [3.05, 3.63) is 0 Å². The van der Waals surface area contributed by atoms with Gasteiger partial charge in [0.25, 0.3) is 0 Å². The monoisotopic (exact) mass is 1380 g/mol. The SMILES string of the molecule is CCCOP(=S)([S-])OCCC.CCCOP(=S)([S-])OCCC.CCCOP(=S)([S-])OCCC.CCCOP(=S)([S-])OCCC.CCCOP(=S)([S-])OCCC.CCCOP(=S)([S-])OCCC.[Mo+6]. The van der Waals surface area contributed by atoms with Crippen LogP contribution in [0.25, 0.3) is 0 Å². The second-order valence-electron chi connectivity index (χ2n) is 12.7. The van der Waals surface area contributed by atoms with Gasteiger partial charge >= 0.3 is 21.1 Å². The molecule has 67 heavy (non-hydrogen) atoms. The fourth-order valence-corrected chi connectivity index (χ4v) is 13.3. The molecule has 0 heterocycles. The van der Waals surface area contributed by atoms with Crippen LogP contribution >= 0.6 is 34.2 Å². The van der Waals surface area contributed by atoms with E-state index in [1.165, 1.54) is 0 Å². The molecule has 0 aliphatic rings. The number of rotatable bonds is 36. The van der Waals surface area contributed by atoms with Gasteiger partial charge < -0.3 is 128 Å². The molecule has 0 saturated carbocycles. The second kappa shape index (κ2) is 59.9. The van der Waals surface area contributed by atoms with Gasteiger partial charge in [0.05, 0.1) is 113 Å². The molecule has 0 saturated heterocycles. The van der Waals surface area contributed by atoms with Crippen LogP contribution in [0.4, 0.5) is 0 Å². The van der Waals surface area contributed by atoms with Crippen molar-refractivity contribution >= 4 is 178 Å². The molecule has 0 aromatic rings. The minimum absolute atomic E-state index is 0. The first-order valence-corrected chi connectivity index (χ1v) is 44.2. The van der Waals surface area contributed by atoms with Crippen molar-refractivity contribution in [3.8, 4) is 0 Å². The van der Waals surface area contributed by atoms with Gasteiger partial charge in [0, 0.05) is 0 Å². The van der Waals surface area contributed by atoms with E-state index in [1.807, 2.05) is 83.1 Å². The molecule has 12 nitrogen and oxygen atoms in total. The summed E-state index contributed by atoms with van der Waals surface area (Å²) in [6.45, 7) is 31.6. The van der Waals surface area contributed by atoms with Gasteiger partial charge in [0.2, 0.25) is 0 Å². The third kappa shape index (κ3) is 81.2. The van der Waals surface area contributed by atoms with Crippen LogP contribution in [0.2, 0.25) is 0 Å². The Bertz CT molecular complexity index is 1030. The van der Waals surface area contributed by atoms with Crippen LogP contribution in [0, 0.1) is 0 Å². The summed E-state index contributed by atoms with van der Waals surface area (Å²) in [5, 5.41) is 0. The zero-order valence-electron chi connectivity index (χ0n) is 41.9. The predicted octanol–water partition coefficient (Wildman–Crippen LogP) is 15.7. The summed E-state index contributed by atoms with van der Waals surface area (Å²) in [5.74, 6) is 0. The fourth-order valence-electron chi connectivity index (χ4n) is 2.66. The maximum Gasteiger partial charge on any atom is 6.00 e. The Labute approximate surface area is 487 Å². The predicted molar refractivity (Wildman–Crippen MR) is 325 cm³/mol. The zero-order chi connectivity index (χ0) is 52.5. The van der Waals surface area contributed by atoms with Crippen LogP contribution in [0.1, 0.15) is 160 Å². The van der Waals surface area contributed by atoms with Crippen LogP contribution in [-0.4, -0.2) is 79.3 Å². The Morgan fingerprint density at radius 2 is 0.269 bits per heavy atom. The first kappa shape index (κ1) is 87.1. The van der Waals surface area contributed by atoms with Gasteiger partial charge in [0.1, 0.15) is 0 Å². The largest absolute Gasteiger partial charge is 6.00 e. The molecule has 0 unspecified atom stereocenters. The number of hydrogen-bond acceptors (Lipinski definition) is 24. The van der Waals surface area contributed by atoms with Crippen molar-refractivity contribution in [3.63, 3.8) is 0 Å². The number of hydrogen-bond donors (Lipinski definition) is 0. The summed E-state index contributed by atoms with van der Waals surface area (Å²) < 4.78 is 62.4. The van der Waals surface area contributed by atoms with Gasteiger partial charge in [-0.3, -0.25) is 0 Å². The van der Waals surface area contributed by atoms with Crippen molar-refractivity contribution < 1.29 is 75.4 Å². The molecule has 31 heteroatoms. The van der Waals surface area contributed by atoms with Crippen molar-refractivity contribution in [1.82, 2.24) is 0 Å². The van der Waals surface area contributed by atoms with E-state index in [-0.39, 0.29) is 21.1 Å². The summed E-state index contributed by atoms with van der Waals surface area (Å²) in [7, 11) is 0. The van der Waals surface area contributed by atoms with Gasteiger partial charge in [-0.2, -0.15) is 0 Å². The topological polar surface area (TPSA) is 111 Å². The molecule has 0 radical (unpaired) electrons. The molecule has 408 valence electrons. The average molecular weight is 1380 g/mol. The minimum atomic E-state index is -2.31. The van der Waals surface area contributed by atoms with Gasteiger partial charge in [-0.15, -0.1) is 0 Å². The third-order valence-electron chi connectivity index (χ3n) is 5.44. The third-order valence-corrected chi connectivity index (χ3v) is 19.0. The van der Waals surface area contributed by atoms with Gasteiger partial charge in [-0.05, 0) is 77.0 Å². The van der Waals surface area contributed by atoms with E-state index in [0.717, 1.165) is 77.0 Å². The van der Waals surface area contributed by atoms with Crippen LogP contribution in [0.5, 0.6) is 0 Å². The van der Waals surface area contributed by atoms with E-state index in [4.69, 9.17) is 199 Å². The van der Waals surface area contributed by atoms with Crippen molar-refractivity contribution in [1.29, 1.82) is 0 Å². The Balaban J connectivity index is -0.000000129. The molecular formula is C36H84MoO12P6S12. The molecule has 0 aromatic heterocycles. The van der Waals surface area contributed by atoms with E-state index in [9.17, 15) is 0 Å². The van der Waals surface area contributed by atoms with E-state index in [2.05, 4.69) is 0 Å². The molecule has 0 rings (SSSR count). The summed E-state index contributed by atoms with van der Waals surface area (Å²) in [6, 6.07) is 0. The summed E-state index contributed by atoms with van der Waals surface area (Å²) in [6.07, 6.45) is 11.2. The summed E-state index contributed by atoms with van der Waals surface area (Å²) in [4.78, 5) is 0. The average Bonchev–Trinajstić information content (AvgIpc) is 3.27. The minimum Gasteiger partial charge on any atom is -0.691 e. The maximum atomic E-state index is 5.20. The Morgan fingerprint density at radius 1 is 0.209 bits per heavy atom. The van der Waals surface area contributed by atoms with Gasteiger partial charge in [-0.1, -0.05) is 154 Å². The molecule has 0 amide bonds. The Hall–Kier alpha value is 6.21. The molecule has 0 fully saturated rings. The standard InChI is InChI=1S/6C6H15O2PS2.Mo/c6*1-3-5-7-9(10,11)8-6-4-2;/h6*3-6H2,1-2H3,(H,10,11);/q;;;;;;+6/p-6. The molecule has 0 aliphatic carbocycles. The second-order valence-corrected chi connectivity index (χ2v) is 42.6. The first-order valence-electron chi connectivity index (χ1n) is 22.3. The molecule has 0 N–H and O–H groups in total. The Morgan fingerprint density at radius 3 is 0.313 bits per heavy atom. The van der Waals surface area contributed by atoms with Crippen LogP contribution in [0.3, 0.4) is 0 Å². The summed E-state index contributed by atoms with van der Waals surface area (Å²) >= 11 is 59.5. The molecule has 0 aromatic carbocycles. The van der Waals surface area contributed by atoms with Crippen LogP contribution in [0.15, 0.2) is 0 Å². The quantitative estimate of drug-likeness (QED) is 0.0337. The van der Waals surface area contributed by atoms with E-state index < -0.39 is 34.2 Å². The first-order chi connectivity index (χ1) is 30.7. The van der Waals surface area contributed by atoms with Crippen molar-refractivity contribution in [2.24, 2.45) is 0 Å². The molecule has 0 atom stereocenters. The fraction of sp³-hybridized carbons (Fsp3) is 1.00. The summed E-state index contributed by atoms with van der Waals surface area (Å²) in [5.41, 5.74) is -13.9. The van der Waals surface area contributed by atoms with Gasteiger partial charge in [0.15, 0.2) is 0 Å². The van der Waals surface area contributed by atoms with Crippen molar-refractivity contribution in [2.45, 2.75) is 160 Å². The maximum absolute atomic E-state index is 5.20. The zero-order valence-corrected chi connectivity index (χ0v) is 59.0. The molecule has 0 bridgehead atoms. The smallest absolute Gasteiger partial charge is 0.691 e. The van der Waals surface area contributed by atoms with Crippen molar-refractivity contribution in [2.75, 3.05) is 79.3 Å². The normalized spacial score (nSPS) is 11.7. The van der Waals surface area contributed by atoms with Crippen LogP contribution < -0.4 is 0 Å². The molecule has 0 spiro atoms. The molecular weight excluding hydrogens is 1290 g/mol. The Kier molecular flexibility index (Phi) is 77.8. The molecule has 0 aliphatic heterocycles. The van der Waals surface area contributed by atoms with Gasteiger partial charge in [-0.25, -0.2) is 0 Å². The van der Waals surface area contributed by atoms with E-state index in [1.54, 1.807) is 0 Å². The van der Waals surface area contributed by atoms with Crippen LogP contribution in [-0.2, 0) is 220 Å². The van der Waals surface area contributed by atoms with E-state index in [0.29, 0.717) is 79.3 Å². The van der Waals surface area contributed by atoms with E-state index >= 15 is 0 Å².